The van der Waals surface area contributed by atoms with Crippen LogP contribution in [0.5, 0.6) is 0 Å². The molecule has 26 heavy (non-hydrogen) atoms. The molecule has 5 heteroatoms. The first-order valence-electron chi connectivity index (χ1n) is 8.92. The van der Waals surface area contributed by atoms with Crippen LogP contribution in [-0.2, 0) is 33.5 Å². The van der Waals surface area contributed by atoms with Crippen molar-refractivity contribution in [1.82, 2.24) is 4.90 Å². The van der Waals surface area contributed by atoms with Crippen LogP contribution in [0.2, 0.25) is 0 Å². The van der Waals surface area contributed by atoms with Crippen molar-refractivity contribution in [2.24, 2.45) is 5.92 Å². The van der Waals surface area contributed by atoms with Gasteiger partial charge in [0.25, 0.3) is 0 Å². The molecule has 2 unspecified atom stereocenters. The molecule has 0 aliphatic carbocycles. The molecule has 0 amide bonds. The Balaban J connectivity index is 1.84. The first-order chi connectivity index (χ1) is 12.5. The number of rotatable bonds is 7. The molecule has 1 saturated heterocycles. The molecule has 1 aliphatic rings. The van der Waals surface area contributed by atoms with E-state index in [1.165, 1.54) is 6.92 Å². The highest BCUT2D eigenvalue weighted by atomic mass is 32.2. The highest BCUT2D eigenvalue weighted by molar-refractivity contribution is 7.85. The molecule has 138 valence electrons. The van der Waals surface area contributed by atoms with Crippen LogP contribution < -0.4 is 0 Å². The quantitative estimate of drug-likeness (QED) is 0.549. The fourth-order valence-corrected chi connectivity index (χ4v) is 4.52. The third-order valence-corrected chi connectivity index (χ3v) is 6.27. The lowest BCUT2D eigenvalue weighted by molar-refractivity contribution is -0.142. The topological polar surface area (TPSA) is 46.4 Å². The molecule has 0 saturated carbocycles. The number of hydrogen-bond donors (Lipinski definition) is 0. The van der Waals surface area contributed by atoms with Crippen LogP contribution >= 0.6 is 0 Å². The third-order valence-electron chi connectivity index (χ3n) is 4.68. The van der Waals surface area contributed by atoms with Crippen molar-refractivity contribution in [3.63, 3.8) is 0 Å². The molecular weight excluding hydrogens is 346 g/mol. The number of nitrogens with zero attached hydrogens (tertiary/aromatic N) is 1. The summed E-state index contributed by atoms with van der Waals surface area (Å²) in [5.74, 6) is 0.296. The van der Waals surface area contributed by atoms with Gasteiger partial charge in [-0.2, -0.15) is 0 Å². The Morgan fingerprint density at radius 1 is 1.12 bits per heavy atom. The Kier molecular flexibility index (Phi) is 5.89. The van der Waals surface area contributed by atoms with Crippen molar-refractivity contribution in [3.8, 4) is 0 Å². The van der Waals surface area contributed by atoms with Crippen LogP contribution in [-0.4, -0.2) is 27.7 Å². The van der Waals surface area contributed by atoms with Gasteiger partial charge in [-0.05, 0) is 23.6 Å². The average molecular weight is 372 g/mol. The second-order valence-electron chi connectivity index (χ2n) is 7.01. The number of esters is 1. The van der Waals surface area contributed by atoms with E-state index in [1.807, 2.05) is 42.5 Å². The van der Waals surface area contributed by atoms with Gasteiger partial charge in [-0.25, -0.2) is 4.21 Å². The van der Waals surface area contributed by atoms with E-state index in [1.54, 1.807) is 0 Å². The number of carbonyl (C=O) groups excluding carboxylic acids is 1. The van der Waals surface area contributed by atoms with Crippen molar-refractivity contribution in [3.05, 3.63) is 59.7 Å². The summed E-state index contributed by atoms with van der Waals surface area (Å²) >= 11 is 0. The van der Waals surface area contributed by atoms with E-state index in [2.05, 4.69) is 24.8 Å². The van der Waals surface area contributed by atoms with Gasteiger partial charge in [0.1, 0.15) is 6.61 Å². The first kappa shape index (κ1) is 18.8. The van der Waals surface area contributed by atoms with E-state index in [0.717, 1.165) is 29.1 Å². The number of hydrogen-bond acceptors (Lipinski definition) is 4. The molecule has 0 spiro atoms. The summed E-state index contributed by atoms with van der Waals surface area (Å²) in [6, 6.07) is 16.0. The Labute approximate surface area is 157 Å². The Morgan fingerprint density at radius 3 is 2.27 bits per heavy atom. The van der Waals surface area contributed by atoms with Crippen LogP contribution in [0, 0.1) is 5.92 Å². The summed E-state index contributed by atoms with van der Waals surface area (Å²) in [5.41, 5.74) is 1.87. The fourth-order valence-electron chi connectivity index (χ4n) is 3.14. The number of ether oxygens (including phenoxy) is 1. The van der Waals surface area contributed by atoms with Gasteiger partial charge in [0.05, 0.1) is 15.7 Å². The van der Waals surface area contributed by atoms with Gasteiger partial charge in [0.15, 0.2) is 0 Å². The summed E-state index contributed by atoms with van der Waals surface area (Å²) in [4.78, 5) is 15.1. The van der Waals surface area contributed by atoms with Crippen molar-refractivity contribution < 1.29 is 13.7 Å². The van der Waals surface area contributed by atoms with Gasteiger partial charge in [0.2, 0.25) is 0 Å². The van der Waals surface area contributed by atoms with Crippen molar-refractivity contribution >= 4 is 16.8 Å². The molecule has 4 nitrogen and oxygen atoms in total. The van der Waals surface area contributed by atoms with Gasteiger partial charge < -0.3 is 4.74 Å². The second kappa shape index (κ2) is 8.14. The standard InChI is InChI=1S/C21H25NO3S/c1-15(2)19-13-22(19)12-17-8-4-6-10-20(17)26(24)21-11-7-5-9-18(21)14-25-16(3)23/h4-11,15,19H,12-14H2,1-3H3/t19-,22?,26?/m0/s1. The highest BCUT2D eigenvalue weighted by Crippen LogP contribution is 2.30. The van der Waals surface area contributed by atoms with Gasteiger partial charge in [0, 0.05) is 36.5 Å². The number of benzene rings is 2. The summed E-state index contributed by atoms with van der Waals surface area (Å²) in [6.07, 6.45) is 0. The van der Waals surface area contributed by atoms with Gasteiger partial charge in [-0.15, -0.1) is 0 Å². The van der Waals surface area contributed by atoms with E-state index >= 15 is 0 Å². The van der Waals surface area contributed by atoms with E-state index in [0.29, 0.717) is 16.9 Å². The minimum atomic E-state index is -1.31. The molecule has 0 radical (unpaired) electrons. The lowest BCUT2D eigenvalue weighted by Gasteiger charge is -2.14. The molecule has 1 fully saturated rings. The Hall–Kier alpha value is -1.98. The molecule has 1 heterocycles. The lowest BCUT2D eigenvalue weighted by Crippen LogP contribution is -2.10. The van der Waals surface area contributed by atoms with Crippen molar-refractivity contribution in [2.45, 2.75) is 49.8 Å². The van der Waals surface area contributed by atoms with E-state index in [4.69, 9.17) is 4.74 Å². The van der Waals surface area contributed by atoms with Crippen LogP contribution in [0.15, 0.2) is 58.3 Å². The zero-order chi connectivity index (χ0) is 18.7. The van der Waals surface area contributed by atoms with Crippen LogP contribution in [0.25, 0.3) is 0 Å². The predicted molar refractivity (Wildman–Crippen MR) is 102 cm³/mol. The molecule has 0 N–H and O–H groups in total. The molecular formula is C21H25NO3S. The molecule has 1 aliphatic heterocycles. The molecule has 3 rings (SSSR count). The second-order valence-corrected chi connectivity index (χ2v) is 8.42. The normalized spacial score (nSPS) is 20.0. The zero-order valence-corrected chi connectivity index (χ0v) is 16.3. The minimum Gasteiger partial charge on any atom is -0.461 e. The maximum atomic E-state index is 13.3. The van der Waals surface area contributed by atoms with E-state index < -0.39 is 10.8 Å². The van der Waals surface area contributed by atoms with Gasteiger partial charge in [-0.1, -0.05) is 50.2 Å². The van der Waals surface area contributed by atoms with Crippen LogP contribution in [0.1, 0.15) is 31.9 Å². The summed E-state index contributed by atoms with van der Waals surface area (Å²) in [7, 11) is -1.31. The SMILES string of the molecule is CC(=O)OCc1ccccc1S(=O)c1ccccc1CN1C[C@H]1C(C)C. The monoisotopic (exact) mass is 371 g/mol. The average Bonchev–Trinajstić information content (AvgIpc) is 3.39. The summed E-state index contributed by atoms with van der Waals surface area (Å²) in [5, 5.41) is 0. The van der Waals surface area contributed by atoms with E-state index in [-0.39, 0.29) is 12.6 Å². The maximum absolute atomic E-state index is 13.3. The molecule has 0 aromatic heterocycles. The van der Waals surface area contributed by atoms with Gasteiger partial charge >= 0.3 is 5.97 Å². The largest absolute Gasteiger partial charge is 0.461 e. The third kappa shape index (κ3) is 4.40. The number of carbonyl (C=O) groups is 1. The van der Waals surface area contributed by atoms with Crippen LogP contribution in [0.4, 0.5) is 0 Å². The van der Waals surface area contributed by atoms with Crippen molar-refractivity contribution in [2.75, 3.05) is 6.54 Å². The minimum absolute atomic E-state index is 0.140. The van der Waals surface area contributed by atoms with Crippen molar-refractivity contribution in [1.29, 1.82) is 0 Å². The first-order valence-corrected chi connectivity index (χ1v) is 10.1. The molecule has 2 aromatic carbocycles. The Bertz CT molecular complexity index is 818. The zero-order valence-electron chi connectivity index (χ0n) is 15.5. The predicted octanol–water partition coefficient (Wildman–Crippen LogP) is 3.76. The smallest absolute Gasteiger partial charge is 0.302 e. The molecule has 0 bridgehead atoms. The fraction of sp³-hybridized carbons (Fsp3) is 0.381. The van der Waals surface area contributed by atoms with Gasteiger partial charge in [-0.3, -0.25) is 9.69 Å². The summed E-state index contributed by atoms with van der Waals surface area (Å²) < 4.78 is 18.4. The van der Waals surface area contributed by atoms with E-state index in [9.17, 15) is 9.00 Å². The molecule has 3 atom stereocenters. The maximum Gasteiger partial charge on any atom is 0.302 e. The van der Waals surface area contributed by atoms with Crippen LogP contribution in [0.3, 0.4) is 0 Å². The lowest BCUT2D eigenvalue weighted by atomic mass is 10.1. The highest BCUT2D eigenvalue weighted by Gasteiger charge is 2.36. The molecule has 2 aromatic rings. The summed E-state index contributed by atoms with van der Waals surface area (Å²) in [6.45, 7) is 7.91. The Morgan fingerprint density at radius 2 is 1.69 bits per heavy atom.